The average Bonchev–Trinajstić information content (AvgIpc) is 2.75. The molecule has 0 bridgehead atoms. The Bertz CT molecular complexity index is 661. The first-order valence-corrected chi connectivity index (χ1v) is 9.08. The van der Waals surface area contributed by atoms with Crippen molar-refractivity contribution in [3.8, 4) is 0 Å². The van der Waals surface area contributed by atoms with Crippen LogP contribution in [0.3, 0.4) is 0 Å². The van der Waals surface area contributed by atoms with E-state index in [9.17, 15) is 9.18 Å². The van der Waals surface area contributed by atoms with Crippen molar-refractivity contribution in [2.75, 3.05) is 6.54 Å². The predicted octanol–water partition coefficient (Wildman–Crippen LogP) is 3.14. The molecule has 0 spiro atoms. The van der Waals surface area contributed by atoms with Gasteiger partial charge in [0.15, 0.2) is 0 Å². The molecule has 2 aliphatic heterocycles. The van der Waals surface area contributed by atoms with E-state index in [0.717, 1.165) is 25.8 Å². The van der Waals surface area contributed by atoms with Crippen molar-refractivity contribution >= 4 is 18.5 Å². The molecule has 1 amide bonds. The number of nitrogens with zero attached hydrogens (tertiary/aromatic N) is 1. The van der Waals surface area contributed by atoms with Crippen LogP contribution in [0.15, 0.2) is 18.2 Å². The number of piperidine rings is 1. The molecule has 0 aliphatic carbocycles. The maximum atomic E-state index is 14.2. The van der Waals surface area contributed by atoms with E-state index in [4.69, 9.17) is 9.31 Å². The molecule has 0 radical (unpaired) electrons. The molecule has 2 fully saturated rings. The Labute approximate surface area is 149 Å². The molecular formula is C19H27BFNO3. The highest BCUT2D eigenvalue weighted by atomic mass is 19.1. The largest absolute Gasteiger partial charge is 0.494 e. The Kier molecular flexibility index (Phi) is 4.71. The lowest BCUT2D eigenvalue weighted by Crippen LogP contribution is -2.43. The summed E-state index contributed by atoms with van der Waals surface area (Å²) < 4.78 is 26.2. The first-order valence-electron chi connectivity index (χ1n) is 9.08. The Balaban J connectivity index is 1.88. The van der Waals surface area contributed by atoms with E-state index >= 15 is 0 Å². The molecule has 2 heterocycles. The van der Waals surface area contributed by atoms with E-state index in [1.165, 1.54) is 12.1 Å². The molecule has 2 saturated heterocycles. The maximum absolute atomic E-state index is 14.2. The van der Waals surface area contributed by atoms with E-state index < -0.39 is 24.1 Å². The van der Waals surface area contributed by atoms with Gasteiger partial charge in [-0.2, -0.15) is 0 Å². The van der Waals surface area contributed by atoms with Gasteiger partial charge in [0.25, 0.3) is 5.91 Å². The summed E-state index contributed by atoms with van der Waals surface area (Å²) in [4.78, 5) is 14.7. The summed E-state index contributed by atoms with van der Waals surface area (Å²) in [5.74, 6) is -0.565. The molecule has 25 heavy (non-hydrogen) atoms. The lowest BCUT2D eigenvalue weighted by atomic mass is 9.78. The average molecular weight is 347 g/mol. The molecule has 2 aliphatic rings. The minimum atomic E-state index is -0.675. The van der Waals surface area contributed by atoms with E-state index in [1.807, 2.05) is 39.5 Å². The van der Waals surface area contributed by atoms with Crippen LogP contribution in [0.1, 0.15) is 64.2 Å². The summed E-state index contributed by atoms with van der Waals surface area (Å²) in [7, 11) is -0.675. The standard InChI is InChI=1S/C19H27BFNO3/c1-13-8-6-7-9-22(13)17(23)14-10-15(12-16(21)11-14)20-24-18(2,3)19(4,5)25-20/h10-13H,6-9H2,1-5H3. The summed E-state index contributed by atoms with van der Waals surface area (Å²) in [5.41, 5.74) is -0.101. The van der Waals surface area contributed by atoms with Crippen LogP contribution in [0.5, 0.6) is 0 Å². The Morgan fingerprint density at radius 2 is 1.80 bits per heavy atom. The van der Waals surface area contributed by atoms with Crippen molar-refractivity contribution in [2.24, 2.45) is 0 Å². The monoisotopic (exact) mass is 347 g/mol. The second-order valence-corrected chi connectivity index (χ2v) is 8.20. The number of rotatable bonds is 2. The van der Waals surface area contributed by atoms with E-state index in [2.05, 4.69) is 0 Å². The van der Waals surface area contributed by atoms with Gasteiger partial charge < -0.3 is 14.2 Å². The van der Waals surface area contributed by atoms with Crippen molar-refractivity contribution < 1.29 is 18.5 Å². The van der Waals surface area contributed by atoms with Crippen LogP contribution >= 0.6 is 0 Å². The lowest BCUT2D eigenvalue weighted by molar-refractivity contribution is 0.00578. The summed E-state index contributed by atoms with van der Waals surface area (Å²) in [5, 5.41) is 0. The maximum Gasteiger partial charge on any atom is 0.494 e. The van der Waals surface area contributed by atoms with E-state index in [1.54, 1.807) is 6.07 Å². The number of benzene rings is 1. The van der Waals surface area contributed by atoms with Gasteiger partial charge in [-0.25, -0.2) is 4.39 Å². The number of carbonyl (C=O) groups excluding carboxylic acids is 1. The van der Waals surface area contributed by atoms with Crippen LogP contribution in [-0.4, -0.2) is 41.7 Å². The molecule has 0 aromatic heterocycles. The fourth-order valence-electron chi connectivity index (χ4n) is 3.42. The van der Waals surface area contributed by atoms with Gasteiger partial charge >= 0.3 is 7.12 Å². The fourth-order valence-corrected chi connectivity index (χ4v) is 3.42. The number of amides is 1. The molecule has 6 heteroatoms. The van der Waals surface area contributed by atoms with E-state index in [0.29, 0.717) is 11.0 Å². The highest BCUT2D eigenvalue weighted by Gasteiger charge is 2.51. The van der Waals surface area contributed by atoms with Gasteiger partial charge in [-0.1, -0.05) is 0 Å². The molecule has 0 N–H and O–H groups in total. The zero-order valence-corrected chi connectivity index (χ0v) is 15.8. The quantitative estimate of drug-likeness (QED) is 0.772. The van der Waals surface area contributed by atoms with Crippen LogP contribution in [0.4, 0.5) is 4.39 Å². The number of carbonyl (C=O) groups is 1. The molecule has 1 atom stereocenters. The Morgan fingerprint density at radius 1 is 1.16 bits per heavy atom. The topological polar surface area (TPSA) is 38.8 Å². The minimum absolute atomic E-state index is 0.121. The molecular weight excluding hydrogens is 320 g/mol. The van der Waals surface area contributed by atoms with Crippen molar-refractivity contribution in [1.29, 1.82) is 0 Å². The molecule has 4 nitrogen and oxygen atoms in total. The number of hydrogen-bond acceptors (Lipinski definition) is 3. The first kappa shape index (κ1) is 18.4. The van der Waals surface area contributed by atoms with Gasteiger partial charge in [0.2, 0.25) is 0 Å². The van der Waals surface area contributed by atoms with Crippen molar-refractivity contribution in [3.05, 3.63) is 29.6 Å². The summed E-state index contributed by atoms with van der Waals surface area (Å²) in [6.07, 6.45) is 3.12. The molecule has 1 aromatic rings. The molecule has 136 valence electrons. The van der Waals surface area contributed by atoms with Crippen LogP contribution in [0.2, 0.25) is 0 Å². The molecule has 3 rings (SSSR count). The summed E-state index contributed by atoms with van der Waals surface area (Å²) in [6, 6.07) is 4.58. The molecule has 1 aromatic carbocycles. The van der Waals surface area contributed by atoms with Gasteiger partial charge in [0.05, 0.1) is 11.2 Å². The second-order valence-electron chi connectivity index (χ2n) is 8.20. The zero-order chi connectivity index (χ0) is 18.4. The first-order chi connectivity index (χ1) is 11.6. The Hall–Kier alpha value is -1.40. The van der Waals surface area contributed by atoms with Crippen LogP contribution in [0, 0.1) is 5.82 Å². The smallest absolute Gasteiger partial charge is 0.399 e. The van der Waals surface area contributed by atoms with Crippen LogP contribution < -0.4 is 5.46 Å². The van der Waals surface area contributed by atoms with Crippen LogP contribution in [-0.2, 0) is 9.31 Å². The lowest BCUT2D eigenvalue weighted by Gasteiger charge is -2.33. The number of halogens is 1. The van der Waals surface area contributed by atoms with Gasteiger partial charge in [0.1, 0.15) is 5.82 Å². The molecule has 1 unspecified atom stereocenters. The zero-order valence-electron chi connectivity index (χ0n) is 15.8. The number of hydrogen-bond donors (Lipinski definition) is 0. The third-order valence-electron chi connectivity index (χ3n) is 5.76. The van der Waals surface area contributed by atoms with Crippen molar-refractivity contribution in [2.45, 2.75) is 71.1 Å². The fraction of sp³-hybridized carbons (Fsp3) is 0.632. The van der Waals surface area contributed by atoms with Gasteiger partial charge in [-0.3, -0.25) is 4.79 Å². The SMILES string of the molecule is CC1CCCCN1C(=O)c1cc(F)cc(B2OC(C)(C)C(C)(C)O2)c1. The number of likely N-dealkylation sites (tertiary alicyclic amines) is 1. The van der Waals surface area contributed by atoms with E-state index in [-0.39, 0.29) is 11.9 Å². The normalized spacial score (nSPS) is 25.3. The van der Waals surface area contributed by atoms with Crippen molar-refractivity contribution in [1.82, 2.24) is 4.90 Å². The minimum Gasteiger partial charge on any atom is -0.399 e. The summed E-state index contributed by atoms with van der Waals surface area (Å²) in [6.45, 7) is 10.6. The Morgan fingerprint density at radius 3 is 2.40 bits per heavy atom. The highest BCUT2D eigenvalue weighted by Crippen LogP contribution is 2.36. The summed E-state index contributed by atoms with van der Waals surface area (Å²) >= 11 is 0. The predicted molar refractivity (Wildman–Crippen MR) is 96.5 cm³/mol. The third-order valence-corrected chi connectivity index (χ3v) is 5.76. The van der Waals surface area contributed by atoms with Crippen LogP contribution in [0.25, 0.3) is 0 Å². The molecule has 0 saturated carbocycles. The van der Waals surface area contributed by atoms with Crippen molar-refractivity contribution in [3.63, 3.8) is 0 Å². The third kappa shape index (κ3) is 3.47. The van der Waals surface area contributed by atoms with Gasteiger partial charge in [0, 0.05) is 18.2 Å². The highest BCUT2D eigenvalue weighted by molar-refractivity contribution is 6.62. The second kappa shape index (κ2) is 6.40. The van der Waals surface area contributed by atoms with Gasteiger partial charge in [-0.15, -0.1) is 0 Å². The van der Waals surface area contributed by atoms with Gasteiger partial charge in [-0.05, 0) is 77.5 Å².